The molecule has 0 spiro atoms. The number of amides is 1. The average Bonchev–Trinajstić information content (AvgIpc) is 2.97. The highest BCUT2D eigenvalue weighted by atomic mass is 35.5. The summed E-state index contributed by atoms with van der Waals surface area (Å²) in [6, 6.07) is 7.72. The van der Waals surface area contributed by atoms with E-state index in [2.05, 4.69) is 25.3 Å². The Labute approximate surface area is 149 Å². The molecule has 6 nitrogen and oxygen atoms in total. The summed E-state index contributed by atoms with van der Waals surface area (Å²) in [4.78, 5) is 28.6. The molecule has 1 amide bonds. The maximum absolute atomic E-state index is 12.4. The van der Waals surface area contributed by atoms with E-state index in [1.54, 1.807) is 12.4 Å². The summed E-state index contributed by atoms with van der Waals surface area (Å²) in [5, 5.41) is 3.65. The molecule has 126 valence electrons. The van der Waals surface area contributed by atoms with E-state index in [0.29, 0.717) is 35.2 Å². The van der Waals surface area contributed by atoms with Gasteiger partial charge in [-0.2, -0.15) is 0 Å². The van der Waals surface area contributed by atoms with Gasteiger partial charge in [-0.15, -0.1) is 0 Å². The van der Waals surface area contributed by atoms with Crippen LogP contribution in [0.15, 0.2) is 36.7 Å². The molecule has 0 unspecified atom stereocenters. The third kappa shape index (κ3) is 3.13. The molecule has 1 atom stereocenters. The van der Waals surface area contributed by atoms with Crippen LogP contribution in [0.3, 0.4) is 0 Å². The van der Waals surface area contributed by atoms with Gasteiger partial charge in [0.1, 0.15) is 11.4 Å². The lowest BCUT2D eigenvalue weighted by Gasteiger charge is -2.14. The van der Waals surface area contributed by atoms with Crippen molar-refractivity contribution in [2.24, 2.45) is 0 Å². The highest BCUT2D eigenvalue weighted by molar-refractivity contribution is 6.30. The number of benzene rings is 1. The van der Waals surface area contributed by atoms with Crippen LogP contribution in [0.2, 0.25) is 5.02 Å². The summed E-state index contributed by atoms with van der Waals surface area (Å²) in [5.41, 5.74) is 3.82. The van der Waals surface area contributed by atoms with Gasteiger partial charge in [0.25, 0.3) is 5.91 Å². The number of fused-ring (bicyclic) bond motifs is 1. The molecule has 25 heavy (non-hydrogen) atoms. The molecule has 1 aromatic carbocycles. The quantitative estimate of drug-likeness (QED) is 0.742. The van der Waals surface area contributed by atoms with Crippen LogP contribution >= 0.6 is 11.6 Å². The Morgan fingerprint density at radius 1 is 1.16 bits per heavy atom. The monoisotopic (exact) mass is 353 g/mol. The molecule has 0 aliphatic carbocycles. The van der Waals surface area contributed by atoms with Crippen molar-refractivity contribution < 1.29 is 4.79 Å². The fourth-order valence-electron chi connectivity index (χ4n) is 2.97. The third-order valence-corrected chi connectivity index (χ3v) is 4.57. The van der Waals surface area contributed by atoms with E-state index in [4.69, 9.17) is 11.6 Å². The summed E-state index contributed by atoms with van der Waals surface area (Å²) < 4.78 is 0. The second-order valence-corrected chi connectivity index (χ2v) is 6.55. The Balaban J connectivity index is 1.68. The molecular formula is C18H16ClN5O. The molecule has 4 rings (SSSR count). The smallest absolute Gasteiger partial charge is 0.271 e. The van der Waals surface area contributed by atoms with Crippen LogP contribution in [-0.4, -0.2) is 32.4 Å². The van der Waals surface area contributed by atoms with Gasteiger partial charge in [0, 0.05) is 29.4 Å². The molecule has 0 fully saturated rings. The largest absolute Gasteiger partial charge is 0.350 e. The third-order valence-electron chi connectivity index (χ3n) is 4.32. The highest BCUT2D eigenvalue weighted by Gasteiger charge is 2.26. The number of hydrogen-bond donors (Lipinski definition) is 2. The minimum atomic E-state index is -0.172. The topological polar surface area (TPSA) is 83.6 Å². The number of hydrogen-bond acceptors (Lipinski definition) is 4. The molecule has 7 heteroatoms. The zero-order valence-corrected chi connectivity index (χ0v) is 14.3. The normalized spacial score (nSPS) is 16.9. The first-order valence-corrected chi connectivity index (χ1v) is 8.39. The van der Waals surface area contributed by atoms with Crippen molar-refractivity contribution in [2.75, 3.05) is 6.54 Å². The lowest BCUT2D eigenvalue weighted by atomic mass is 9.94. The lowest BCUT2D eigenvalue weighted by molar-refractivity contribution is 0.0950. The fourth-order valence-corrected chi connectivity index (χ4v) is 3.10. The summed E-state index contributed by atoms with van der Waals surface area (Å²) in [6.45, 7) is 2.43. The van der Waals surface area contributed by atoms with Crippen LogP contribution < -0.4 is 5.32 Å². The van der Waals surface area contributed by atoms with Gasteiger partial charge < -0.3 is 10.3 Å². The molecule has 1 aliphatic rings. The number of rotatable bonds is 2. The molecule has 3 aromatic rings. The number of H-pyrrole nitrogens is 1. The first kappa shape index (κ1) is 15.8. The predicted octanol–water partition coefficient (Wildman–Crippen LogP) is 2.90. The molecule has 0 radical (unpaired) electrons. The minimum Gasteiger partial charge on any atom is -0.350 e. The molecule has 1 aliphatic heterocycles. The van der Waals surface area contributed by atoms with Crippen LogP contribution in [0.25, 0.3) is 11.5 Å². The number of nitrogens with zero attached hydrogens (tertiary/aromatic N) is 3. The molecule has 2 N–H and O–H groups in total. The van der Waals surface area contributed by atoms with Crippen LogP contribution in [0.5, 0.6) is 0 Å². The summed E-state index contributed by atoms with van der Waals surface area (Å²) in [5.74, 6) is 0.540. The molecular weight excluding hydrogens is 338 g/mol. The van der Waals surface area contributed by atoms with Crippen molar-refractivity contribution >= 4 is 17.5 Å². The predicted molar refractivity (Wildman–Crippen MR) is 94.6 cm³/mol. The Hall–Kier alpha value is -2.73. The van der Waals surface area contributed by atoms with Crippen molar-refractivity contribution in [1.82, 2.24) is 25.3 Å². The number of carbonyl (C=O) groups excluding carboxylic acids is 1. The minimum absolute atomic E-state index is 0.153. The number of aromatic nitrogens is 4. The van der Waals surface area contributed by atoms with Gasteiger partial charge in [0.05, 0.1) is 11.9 Å². The van der Waals surface area contributed by atoms with E-state index in [1.807, 2.05) is 31.2 Å². The number of nitrogens with one attached hydrogen (secondary N) is 2. The molecule has 2 aromatic heterocycles. The Kier molecular flexibility index (Phi) is 3.97. The Bertz CT molecular complexity index is 918. The first-order valence-electron chi connectivity index (χ1n) is 8.01. The maximum Gasteiger partial charge on any atom is 0.271 e. The van der Waals surface area contributed by atoms with E-state index in [9.17, 15) is 4.79 Å². The van der Waals surface area contributed by atoms with Gasteiger partial charge >= 0.3 is 0 Å². The van der Waals surface area contributed by atoms with Crippen LogP contribution in [0, 0.1) is 6.92 Å². The maximum atomic E-state index is 12.4. The zero-order valence-electron chi connectivity index (χ0n) is 13.6. The molecule has 0 bridgehead atoms. The second kappa shape index (κ2) is 6.29. The summed E-state index contributed by atoms with van der Waals surface area (Å²) >= 11 is 5.97. The summed E-state index contributed by atoms with van der Waals surface area (Å²) in [7, 11) is 0. The van der Waals surface area contributed by atoms with Gasteiger partial charge in [-0.3, -0.25) is 9.78 Å². The Morgan fingerprint density at radius 2 is 1.96 bits per heavy atom. The number of aryl methyl sites for hydroxylation is 1. The van der Waals surface area contributed by atoms with Crippen molar-refractivity contribution in [3.05, 3.63) is 64.3 Å². The van der Waals surface area contributed by atoms with Crippen molar-refractivity contribution in [3.63, 3.8) is 0 Å². The van der Waals surface area contributed by atoms with Crippen molar-refractivity contribution in [3.8, 4) is 11.5 Å². The first-order chi connectivity index (χ1) is 12.1. The second-order valence-electron chi connectivity index (χ2n) is 6.12. The standard InChI is InChI=1S/C18H16ClN5O/c1-10-7-21-15(9-20-10)17-23-14-6-12(8-22-18(25)16(14)24-17)11-2-4-13(19)5-3-11/h2-5,7,9,12H,6,8H2,1H3,(H,22,25)(H,23,24)/t12-/m1/s1. The zero-order chi connectivity index (χ0) is 17.4. The lowest BCUT2D eigenvalue weighted by Crippen LogP contribution is -2.26. The molecule has 0 saturated carbocycles. The SMILES string of the molecule is Cc1cnc(-c2nc3c([nH]2)C[C@@H](c2ccc(Cl)cc2)CNC3=O)cn1. The van der Waals surface area contributed by atoms with E-state index in [1.165, 1.54) is 0 Å². The molecule has 3 heterocycles. The fraction of sp³-hybridized carbons (Fsp3) is 0.222. The number of imidazole rings is 1. The van der Waals surface area contributed by atoms with Crippen molar-refractivity contribution in [1.29, 1.82) is 0 Å². The van der Waals surface area contributed by atoms with Gasteiger partial charge in [0.15, 0.2) is 5.82 Å². The van der Waals surface area contributed by atoms with Gasteiger partial charge in [0.2, 0.25) is 0 Å². The van der Waals surface area contributed by atoms with E-state index < -0.39 is 0 Å². The van der Waals surface area contributed by atoms with Gasteiger partial charge in [-0.1, -0.05) is 23.7 Å². The van der Waals surface area contributed by atoms with Crippen LogP contribution in [-0.2, 0) is 6.42 Å². The van der Waals surface area contributed by atoms with E-state index in [0.717, 1.165) is 17.0 Å². The van der Waals surface area contributed by atoms with E-state index >= 15 is 0 Å². The number of aromatic amines is 1. The van der Waals surface area contributed by atoms with Crippen molar-refractivity contribution in [2.45, 2.75) is 19.3 Å². The number of halogens is 1. The summed E-state index contributed by atoms with van der Waals surface area (Å²) in [6.07, 6.45) is 4.02. The van der Waals surface area contributed by atoms with Gasteiger partial charge in [-0.05, 0) is 31.0 Å². The molecule has 0 saturated heterocycles. The van der Waals surface area contributed by atoms with Crippen LogP contribution in [0.1, 0.15) is 33.4 Å². The highest BCUT2D eigenvalue weighted by Crippen LogP contribution is 2.27. The average molecular weight is 354 g/mol. The Morgan fingerprint density at radius 3 is 2.68 bits per heavy atom. The number of carbonyl (C=O) groups is 1. The van der Waals surface area contributed by atoms with Gasteiger partial charge in [-0.25, -0.2) is 9.97 Å². The van der Waals surface area contributed by atoms with Crippen LogP contribution in [0.4, 0.5) is 0 Å². The van der Waals surface area contributed by atoms with E-state index in [-0.39, 0.29) is 11.8 Å².